The lowest BCUT2D eigenvalue weighted by Gasteiger charge is -2.34. The standard InChI is InChI=1S/C28H38F5N3O4.O2S/c1-17-8-10-27(38,11-9-17)16-34-24(37)22-18(2)23(36(35-22)12-13-39-5)20-7-6-19(14-21(20)40-25(29)30)15-26(3,4)28(31,32)33;1-3-2/h6-7,14,17,25,38H,8-13,15-16H2,1-5H3,(H,34,37);. The monoisotopic (exact) mass is 639 g/mol. The number of halogens is 5. The molecule has 43 heavy (non-hydrogen) atoms. The number of aliphatic hydroxyl groups is 1. The highest BCUT2D eigenvalue weighted by molar-refractivity contribution is 7.51. The summed E-state index contributed by atoms with van der Waals surface area (Å²) in [5.41, 5.74) is -2.12. The zero-order chi connectivity index (χ0) is 32.6. The summed E-state index contributed by atoms with van der Waals surface area (Å²) in [6.07, 6.45) is -2.13. The minimum atomic E-state index is -4.50. The second kappa shape index (κ2) is 15.2. The Bertz CT molecular complexity index is 1270. The Labute approximate surface area is 250 Å². The molecule has 1 aliphatic rings. The van der Waals surface area contributed by atoms with Crippen LogP contribution in [0.1, 0.15) is 68.1 Å². The molecule has 2 N–H and O–H groups in total. The van der Waals surface area contributed by atoms with Gasteiger partial charge >= 0.3 is 24.4 Å². The maximum atomic E-state index is 13.5. The number of alkyl halides is 5. The summed E-state index contributed by atoms with van der Waals surface area (Å²) in [7, 11) is 1.47. The smallest absolute Gasteiger partial charge is 0.394 e. The first-order valence-corrected chi connectivity index (χ1v) is 14.3. The first-order chi connectivity index (χ1) is 20.0. The highest BCUT2D eigenvalue weighted by Crippen LogP contribution is 2.42. The summed E-state index contributed by atoms with van der Waals surface area (Å²) in [6.45, 7) is 2.95. The first-order valence-electron chi connectivity index (χ1n) is 13.6. The van der Waals surface area contributed by atoms with E-state index in [1.54, 1.807) is 6.92 Å². The average Bonchev–Trinajstić information content (AvgIpc) is 3.23. The fourth-order valence-corrected chi connectivity index (χ4v) is 4.93. The first kappa shape index (κ1) is 36.3. The fourth-order valence-electron chi connectivity index (χ4n) is 4.93. The highest BCUT2D eigenvalue weighted by Gasteiger charge is 2.47. The molecule has 15 heteroatoms. The van der Waals surface area contributed by atoms with E-state index < -0.39 is 47.7 Å². The van der Waals surface area contributed by atoms with Gasteiger partial charge in [-0.05, 0) is 62.6 Å². The van der Waals surface area contributed by atoms with Crippen molar-refractivity contribution < 1.29 is 49.7 Å². The SMILES string of the molecule is COCCn1nc(C(=O)NCC2(O)CCC(C)CC2)c(C)c1-c1ccc(CC(C)(C)C(F)(F)F)cc1OC(F)F.O=S=O. The predicted molar refractivity (Wildman–Crippen MR) is 148 cm³/mol. The van der Waals surface area contributed by atoms with Crippen LogP contribution < -0.4 is 10.1 Å². The molecule has 0 spiro atoms. The van der Waals surface area contributed by atoms with Crippen LogP contribution in [0.5, 0.6) is 5.75 Å². The summed E-state index contributed by atoms with van der Waals surface area (Å²) < 4.78 is 95.2. The Balaban J connectivity index is 0.00000206. The molecule has 0 unspecified atom stereocenters. The van der Waals surface area contributed by atoms with Crippen LogP contribution in [0.3, 0.4) is 0 Å². The minimum absolute atomic E-state index is 0.0316. The van der Waals surface area contributed by atoms with Gasteiger partial charge in [0.15, 0.2) is 5.69 Å². The van der Waals surface area contributed by atoms with E-state index in [1.807, 2.05) is 0 Å². The van der Waals surface area contributed by atoms with Gasteiger partial charge in [-0.2, -0.15) is 35.5 Å². The fraction of sp³-hybridized carbons (Fsp3) is 0.643. The number of benzene rings is 1. The van der Waals surface area contributed by atoms with Gasteiger partial charge in [-0.1, -0.05) is 26.8 Å². The molecule has 1 saturated carbocycles. The van der Waals surface area contributed by atoms with Crippen LogP contribution in [-0.2, 0) is 29.3 Å². The zero-order valence-electron chi connectivity index (χ0n) is 24.7. The molecular formula is C28H38F5N3O6S. The number of amides is 1. The predicted octanol–water partition coefficient (Wildman–Crippen LogP) is 5.24. The van der Waals surface area contributed by atoms with Crippen molar-refractivity contribution >= 4 is 17.5 Å². The van der Waals surface area contributed by atoms with E-state index in [1.165, 1.54) is 30.0 Å². The molecule has 1 fully saturated rings. The Hall–Kier alpha value is -2.91. The number of hydrogen-bond donors (Lipinski definition) is 2. The van der Waals surface area contributed by atoms with Crippen LogP contribution in [0, 0.1) is 18.3 Å². The molecule has 0 aliphatic heterocycles. The second-order valence-electron chi connectivity index (χ2n) is 11.5. The maximum absolute atomic E-state index is 13.5. The maximum Gasteiger partial charge on any atom is 0.394 e. The van der Waals surface area contributed by atoms with Gasteiger partial charge in [-0.15, -0.1) is 0 Å². The van der Waals surface area contributed by atoms with E-state index in [0.717, 1.165) is 26.7 Å². The van der Waals surface area contributed by atoms with Crippen molar-refractivity contribution in [2.75, 3.05) is 20.3 Å². The largest absolute Gasteiger partial charge is 0.434 e. The van der Waals surface area contributed by atoms with E-state index in [9.17, 15) is 31.9 Å². The van der Waals surface area contributed by atoms with Crippen LogP contribution in [0.4, 0.5) is 22.0 Å². The van der Waals surface area contributed by atoms with Crippen LogP contribution in [0.15, 0.2) is 18.2 Å². The number of carbonyl (C=O) groups excluding carboxylic acids is 1. The van der Waals surface area contributed by atoms with Gasteiger partial charge < -0.3 is 19.9 Å². The van der Waals surface area contributed by atoms with E-state index >= 15 is 0 Å². The molecule has 3 rings (SSSR count). The van der Waals surface area contributed by atoms with Crippen molar-refractivity contribution in [3.63, 3.8) is 0 Å². The number of carbonyl (C=O) groups is 1. The molecule has 1 aromatic heterocycles. The molecule has 1 amide bonds. The van der Waals surface area contributed by atoms with Gasteiger partial charge in [0.2, 0.25) is 0 Å². The van der Waals surface area contributed by atoms with Gasteiger partial charge in [0, 0.05) is 24.8 Å². The molecule has 0 radical (unpaired) electrons. The second-order valence-corrected chi connectivity index (χ2v) is 11.6. The van der Waals surface area contributed by atoms with E-state index in [0.29, 0.717) is 30.0 Å². The van der Waals surface area contributed by atoms with Gasteiger partial charge in [-0.25, -0.2) is 0 Å². The van der Waals surface area contributed by atoms with Crippen molar-refractivity contribution in [3.05, 3.63) is 35.0 Å². The molecule has 9 nitrogen and oxygen atoms in total. The number of aromatic nitrogens is 2. The lowest BCUT2D eigenvalue weighted by atomic mass is 9.79. The molecule has 0 saturated heterocycles. The molecular weight excluding hydrogens is 601 g/mol. The Kier molecular flexibility index (Phi) is 12.8. The number of nitrogens with one attached hydrogen (secondary N) is 1. The van der Waals surface area contributed by atoms with Crippen LogP contribution in [-0.4, -0.2) is 67.9 Å². The van der Waals surface area contributed by atoms with Crippen molar-refractivity contribution in [1.29, 1.82) is 0 Å². The lowest BCUT2D eigenvalue weighted by molar-refractivity contribution is -0.211. The summed E-state index contributed by atoms with van der Waals surface area (Å²) in [5, 5.41) is 18.0. The third-order valence-electron chi connectivity index (χ3n) is 7.63. The summed E-state index contributed by atoms with van der Waals surface area (Å²) in [6, 6.07) is 4.00. The van der Waals surface area contributed by atoms with Crippen molar-refractivity contribution in [1.82, 2.24) is 15.1 Å². The van der Waals surface area contributed by atoms with Crippen molar-refractivity contribution in [2.24, 2.45) is 11.3 Å². The van der Waals surface area contributed by atoms with Gasteiger partial charge in [-0.3, -0.25) is 9.48 Å². The van der Waals surface area contributed by atoms with E-state index in [4.69, 9.17) is 17.9 Å². The topological polar surface area (TPSA) is 120 Å². The highest BCUT2D eigenvalue weighted by atomic mass is 32.1. The van der Waals surface area contributed by atoms with Gasteiger partial charge in [0.1, 0.15) is 5.75 Å². The molecule has 2 aromatic rings. The Morgan fingerprint density at radius 3 is 2.37 bits per heavy atom. The summed E-state index contributed by atoms with van der Waals surface area (Å²) >= 11 is -0.750. The van der Waals surface area contributed by atoms with Crippen molar-refractivity contribution in [2.45, 2.75) is 84.7 Å². The lowest BCUT2D eigenvalue weighted by Crippen LogP contribution is -2.45. The van der Waals surface area contributed by atoms with Gasteiger partial charge in [0.05, 0.1) is 29.9 Å². The summed E-state index contributed by atoms with van der Waals surface area (Å²) in [4.78, 5) is 13.2. The average molecular weight is 640 g/mol. The third-order valence-corrected chi connectivity index (χ3v) is 7.63. The number of ether oxygens (including phenoxy) is 2. The zero-order valence-corrected chi connectivity index (χ0v) is 25.5. The van der Waals surface area contributed by atoms with E-state index in [2.05, 4.69) is 17.3 Å². The van der Waals surface area contributed by atoms with Crippen LogP contribution in [0.25, 0.3) is 11.3 Å². The Morgan fingerprint density at radius 1 is 1.23 bits per heavy atom. The minimum Gasteiger partial charge on any atom is -0.434 e. The quantitative estimate of drug-likeness (QED) is 0.323. The summed E-state index contributed by atoms with van der Waals surface area (Å²) in [5.74, 6) is -0.362. The van der Waals surface area contributed by atoms with Gasteiger partial charge in [0.25, 0.3) is 5.91 Å². The molecule has 1 heterocycles. The molecule has 0 atom stereocenters. The normalized spacial score (nSPS) is 19.0. The molecule has 0 bridgehead atoms. The molecule has 1 aliphatic carbocycles. The number of rotatable bonds is 11. The molecule has 242 valence electrons. The number of methoxy groups -OCH3 is 1. The number of hydrogen-bond acceptors (Lipinski definition) is 7. The third kappa shape index (κ3) is 9.80. The van der Waals surface area contributed by atoms with Crippen molar-refractivity contribution in [3.8, 4) is 17.0 Å². The Morgan fingerprint density at radius 2 is 1.84 bits per heavy atom. The van der Waals surface area contributed by atoms with Crippen LogP contribution in [0.2, 0.25) is 0 Å². The van der Waals surface area contributed by atoms with E-state index in [-0.39, 0.29) is 42.3 Å². The number of nitrogens with zero attached hydrogens (tertiary/aromatic N) is 2. The van der Waals surface area contributed by atoms with Crippen LogP contribution >= 0.6 is 0 Å². The molecule has 1 aromatic carbocycles.